The van der Waals surface area contributed by atoms with Crippen LogP contribution < -0.4 is 5.32 Å². The van der Waals surface area contributed by atoms with Crippen molar-refractivity contribution in [2.45, 2.75) is 341 Å². The topological polar surface area (TPSA) is 69.6 Å². The second-order valence-electron chi connectivity index (χ2n) is 19.4. The molecule has 4 heteroatoms. The van der Waals surface area contributed by atoms with Crippen molar-refractivity contribution in [1.82, 2.24) is 5.32 Å². The zero-order valence-electron chi connectivity index (χ0n) is 40.8. The molecule has 0 rings (SSSR count). The van der Waals surface area contributed by atoms with Crippen LogP contribution in [0.25, 0.3) is 0 Å². The maximum Gasteiger partial charge on any atom is 0.220 e. The fourth-order valence-corrected chi connectivity index (χ4v) is 9.13. The van der Waals surface area contributed by atoms with Crippen molar-refractivity contribution in [3.63, 3.8) is 0 Å². The van der Waals surface area contributed by atoms with Crippen molar-refractivity contribution >= 4 is 5.91 Å². The summed E-state index contributed by atoms with van der Waals surface area (Å²) in [5.41, 5.74) is 0. The number of aliphatic hydroxyl groups excluding tert-OH is 2. The normalized spacial score (nSPS) is 12.7. The van der Waals surface area contributed by atoms with E-state index in [2.05, 4.69) is 19.2 Å². The number of rotatable bonds is 52. The van der Waals surface area contributed by atoms with Crippen LogP contribution in [-0.2, 0) is 4.79 Å². The molecule has 0 fully saturated rings. The molecule has 0 heterocycles. The number of hydrogen-bond acceptors (Lipinski definition) is 3. The predicted octanol–water partition coefficient (Wildman–Crippen LogP) is 18.0. The highest BCUT2D eigenvalue weighted by Crippen LogP contribution is 2.18. The summed E-state index contributed by atoms with van der Waals surface area (Å²) in [6.45, 7) is 4.39. The summed E-state index contributed by atoms with van der Waals surface area (Å²) in [7, 11) is 0. The van der Waals surface area contributed by atoms with E-state index in [9.17, 15) is 15.0 Å². The van der Waals surface area contributed by atoms with Gasteiger partial charge in [0.05, 0.1) is 18.8 Å². The molecule has 0 aliphatic heterocycles. The second-order valence-corrected chi connectivity index (χ2v) is 19.4. The molecule has 0 aromatic carbocycles. The first-order valence-corrected chi connectivity index (χ1v) is 27.7. The van der Waals surface area contributed by atoms with Crippen molar-refractivity contribution in [1.29, 1.82) is 0 Å². The van der Waals surface area contributed by atoms with Gasteiger partial charge in [-0.25, -0.2) is 0 Å². The van der Waals surface area contributed by atoms with Gasteiger partial charge in [-0.1, -0.05) is 309 Å². The van der Waals surface area contributed by atoms with Crippen molar-refractivity contribution in [2.75, 3.05) is 6.61 Å². The zero-order valence-corrected chi connectivity index (χ0v) is 40.8. The van der Waals surface area contributed by atoms with Crippen LogP contribution in [0.4, 0.5) is 0 Å². The minimum Gasteiger partial charge on any atom is -0.394 e. The smallest absolute Gasteiger partial charge is 0.220 e. The molecule has 0 aliphatic rings. The minimum atomic E-state index is -0.653. The van der Waals surface area contributed by atoms with Gasteiger partial charge >= 0.3 is 0 Å². The third-order valence-electron chi connectivity index (χ3n) is 13.4. The van der Waals surface area contributed by atoms with E-state index in [0.29, 0.717) is 12.8 Å². The standard InChI is InChI=1S/C55H111NO3/c1-3-5-7-9-11-13-15-17-18-19-20-21-22-23-24-25-26-27-28-29-30-31-32-33-34-35-36-37-38-39-41-43-45-47-49-51-55(59)56-53(52-57)54(58)50-48-46-44-42-40-16-14-12-10-8-6-4-2/h53-54,57-58H,3-52H2,1-2H3,(H,56,59). The largest absolute Gasteiger partial charge is 0.394 e. The van der Waals surface area contributed by atoms with Crippen LogP contribution in [0.5, 0.6) is 0 Å². The monoisotopic (exact) mass is 834 g/mol. The maximum absolute atomic E-state index is 12.4. The Labute approximate surface area is 372 Å². The number of unbranched alkanes of at least 4 members (excludes halogenated alkanes) is 45. The molecule has 0 saturated carbocycles. The number of nitrogens with one attached hydrogen (secondary N) is 1. The average Bonchev–Trinajstić information content (AvgIpc) is 3.24. The molecule has 2 atom stereocenters. The minimum absolute atomic E-state index is 0.0242. The van der Waals surface area contributed by atoms with E-state index >= 15 is 0 Å². The van der Waals surface area contributed by atoms with Gasteiger partial charge in [-0.05, 0) is 12.8 Å². The Morgan fingerprint density at radius 1 is 0.339 bits per heavy atom. The van der Waals surface area contributed by atoms with Gasteiger partial charge in [0.2, 0.25) is 5.91 Å². The Morgan fingerprint density at radius 3 is 0.763 bits per heavy atom. The Kier molecular flexibility index (Phi) is 51.2. The van der Waals surface area contributed by atoms with Crippen LogP contribution in [0.1, 0.15) is 328 Å². The molecule has 0 spiro atoms. The van der Waals surface area contributed by atoms with Crippen molar-refractivity contribution in [3.8, 4) is 0 Å². The van der Waals surface area contributed by atoms with Gasteiger partial charge in [-0.15, -0.1) is 0 Å². The second kappa shape index (κ2) is 51.7. The van der Waals surface area contributed by atoms with Crippen LogP contribution >= 0.6 is 0 Å². The molecule has 59 heavy (non-hydrogen) atoms. The van der Waals surface area contributed by atoms with E-state index in [1.54, 1.807) is 0 Å². The average molecular weight is 834 g/mol. The molecule has 3 N–H and O–H groups in total. The summed E-state index contributed by atoms with van der Waals surface area (Å²) >= 11 is 0. The lowest BCUT2D eigenvalue weighted by molar-refractivity contribution is -0.123. The summed E-state index contributed by atoms with van der Waals surface area (Å²) in [6.07, 6.45) is 65.4. The molecular weight excluding hydrogens is 723 g/mol. The SMILES string of the molecule is CCCCCCCCCCCCCCCCCCCCCCCCCCCCCCCCCCCCCC(=O)NC(CO)C(O)CCCCCCCCCCCCCC. The van der Waals surface area contributed by atoms with E-state index < -0.39 is 12.1 Å². The van der Waals surface area contributed by atoms with Crippen molar-refractivity contribution in [3.05, 3.63) is 0 Å². The van der Waals surface area contributed by atoms with Crippen molar-refractivity contribution in [2.24, 2.45) is 0 Å². The lowest BCUT2D eigenvalue weighted by atomic mass is 10.0. The molecule has 0 bridgehead atoms. The fourth-order valence-electron chi connectivity index (χ4n) is 9.13. The first kappa shape index (κ1) is 58.4. The van der Waals surface area contributed by atoms with Gasteiger partial charge in [-0.2, -0.15) is 0 Å². The van der Waals surface area contributed by atoms with Crippen molar-refractivity contribution < 1.29 is 15.0 Å². The lowest BCUT2D eigenvalue weighted by Crippen LogP contribution is -2.45. The summed E-state index contributed by atoms with van der Waals surface area (Å²) in [5.74, 6) is -0.0242. The van der Waals surface area contributed by atoms with Crippen LogP contribution in [-0.4, -0.2) is 34.9 Å². The fraction of sp³-hybridized carbons (Fsp3) is 0.982. The first-order chi connectivity index (χ1) is 29.2. The molecule has 0 aliphatic carbocycles. The summed E-state index contributed by atoms with van der Waals surface area (Å²) in [6, 6.07) is -0.529. The highest BCUT2D eigenvalue weighted by Gasteiger charge is 2.20. The van der Waals surface area contributed by atoms with E-state index in [4.69, 9.17) is 0 Å². The Bertz CT molecular complexity index is 773. The molecule has 0 aromatic rings. The molecule has 1 amide bonds. The van der Waals surface area contributed by atoms with Crippen LogP contribution in [0.2, 0.25) is 0 Å². The maximum atomic E-state index is 12.4. The van der Waals surface area contributed by atoms with E-state index in [-0.39, 0.29) is 12.5 Å². The summed E-state index contributed by atoms with van der Waals surface area (Å²) < 4.78 is 0. The van der Waals surface area contributed by atoms with Gasteiger partial charge in [0.25, 0.3) is 0 Å². The third-order valence-corrected chi connectivity index (χ3v) is 13.4. The number of hydrogen-bond donors (Lipinski definition) is 3. The quantitative estimate of drug-likeness (QED) is 0.0535. The molecular formula is C55H111NO3. The van der Waals surface area contributed by atoms with Crippen LogP contribution in [0, 0.1) is 0 Å². The third kappa shape index (κ3) is 48.3. The van der Waals surface area contributed by atoms with E-state index in [1.807, 2.05) is 0 Å². The number of aliphatic hydroxyl groups is 2. The van der Waals surface area contributed by atoms with Gasteiger partial charge in [0, 0.05) is 6.42 Å². The molecule has 4 nitrogen and oxygen atoms in total. The highest BCUT2D eigenvalue weighted by molar-refractivity contribution is 5.76. The van der Waals surface area contributed by atoms with Gasteiger partial charge in [0.1, 0.15) is 0 Å². The Hall–Kier alpha value is -0.610. The van der Waals surface area contributed by atoms with Gasteiger partial charge in [0.15, 0.2) is 0 Å². The van der Waals surface area contributed by atoms with E-state index in [0.717, 1.165) is 25.7 Å². The Morgan fingerprint density at radius 2 is 0.542 bits per heavy atom. The number of carbonyl (C=O) groups is 1. The predicted molar refractivity (Wildman–Crippen MR) is 263 cm³/mol. The lowest BCUT2D eigenvalue weighted by Gasteiger charge is -2.22. The van der Waals surface area contributed by atoms with Crippen LogP contribution in [0.3, 0.4) is 0 Å². The van der Waals surface area contributed by atoms with Gasteiger partial charge in [-0.3, -0.25) is 4.79 Å². The molecule has 0 saturated heterocycles. The summed E-state index contributed by atoms with van der Waals surface area (Å²) in [5, 5.41) is 23.2. The van der Waals surface area contributed by atoms with Gasteiger partial charge < -0.3 is 15.5 Å². The Balaban J connectivity index is 3.32. The molecule has 354 valence electrons. The molecule has 0 radical (unpaired) electrons. The highest BCUT2D eigenvalue weighted by atomic mass is 16.3. The number of carbonyl (C=O) groups excluding carboxylic acids is 1. The summed E-state index contributed by atoms with van der Waals surface area (Å²) in [4.78, 5) is 12.4. The van der Waals surface area contributed by atoms with Crippen LogP contribution in [0.15, 0.2) is 0 Å². The molecule has 0 aromatic heterocycles. The van der Waals surface area contributed by atoms with E-state index in [1.165, 1.54) is 276 Å². The number of amides is 1. The molecule has 2 unspecified atom stereocenters. The first-order valence-electron chi connectivity index (χ1n) is 27.7. The zero-order chi connectivity index (χ0) is 42.8.